The van der Waals surface area contributed by atoms with Crippen molar-refractivity contribution in [2.24, 2.45) is 11.8 Å². The first-order valence-corrected chi connectivity index (χ1v) is 6.33. The van der Waals surface area contributed by atoms with Gasteiger partial charge in [-0.15, -0.1) is 0 Å². The number of halogens is 3. The van der Waals surface area contributed by atoms with Crippen LogP contribution in [0.2, 0.25) is 0 Å². The second kappa shape index (κ2) is 6.41. The van der Waals surface area contributed by atoms with Gasteiger partial charge in [-0.1, -0.05) is 0 Å². The Morgan fingerprint density at radius 3 is 2.33 bits per heavy atom. The minimum absolute atomic E-state index is 0.0397. The number of amides is 1. The number of aliphatic hydroxyl groups excluding tert-OH is 1. The fraction of sp³-hybridized carbons (Fsp3) is 0.917. The van der Waals surface area contributed by atoms with Crippen LogP contribution in [0.15, 0.2) is 0 Å². The van der Waals surface area contributed by atoms with Crippen LogP contribution in [0.25, 0.3) is 0 Å². The van der Waals surface area contributed by atoms with Gasteiger partial charge in [0.2, 0.25) is 5.91 Å². The number of hydrogen-bond donors (Lipinski definition) is 2. The lowest BCUT2D eigenvalue weighted by Gasteiger charge is -2.29. The average Bonchev–Trinajstić information content (AvgIpc) is 2.27. The highest BCUT2D eigenvalue weighted by Crippen LogP contribution is 2.39. The zero-order chi connectivity index (χ0) is 13.8. The molecular weight excluding hydrogens is 247 g/mol. The van der Waals surface area contributed by atoms with E-state index in [4.69, 9.17) is 5.11 Å². The van der Waals surface area contributed by atoms with Crippen molar-refractivity contribution >= 4 is 5.91 Å². The van der Waals surface area contributed by atoms with E-state index in [2.05, 4.69) is 5.32 Å². The van der Waals surface area contributed by atoms with E-state index in [9.17, 15) is 18.0 Å². The molecule has 0 bridgehead atoms. The molecule has 3 nitrogen and oxygen atoms in total. The number of carbonyl (C=O) groups is 1. The molecule has 1 aliphatic rings. The lowest BCUT2D eigenvalue weighted by Crippen LogP contribution is -2.36. The maximum Gasteiger partial charge on any atom is 0.391 e. The first-order valence-electron chi connectivity index (χ1n) is 6.33. The number of carbonyl (C=O) groups excluding carboxylic acids is 1. The first-order chi connectivity index (χ1) is 8.30. The third kappa shape index (κ3) is 4.84. The highest BCUT2D eigenvalue weighted by Gasteiger charge is 2.42. The molecule has 0 heterocycles. The topological polar surface area (TPSA) is 49.3 Å². The molecule has 0 aromatic carbocycles. The number of nitrogens with one attached hydrogen (secondary N) is 1. The standard InChI is InChI=1S/C12H20F3NO2/c1-8(17)6-7-16-11(18)9-2-4-10(5-3-9)12(13,14)15/h8-10,17H,2-7H2,1H3,(H,16,18). The summed E-state index contributed by atoms with van der Waals surface area (Å²) in [4.78, 5) is 11.7. The summed E-state index contributed by atoms with van der Waals surface area (Å²) >= 11 is 0. The minimum Gasteiger partial charge on any atom is -0.393 e. The van der Waals surface area contributed by atoms with E-state index >= 15 is 0 Å². The molecule has 1 saturated carbocycles. The minimum atomic E-state index is -4.13. The van der Waals surface area contributed by atoms with E-state index in [0.29, 0.717) is 25.8 Å². The maximum absolute atomic E-state index is 12.4. The van der Waals surface area contributed by atoms with E-state index in [0.717, 1.165) is 0 Å². The van der Waals surface area contributed by atoms with Crippen molar-refractivity contribution in [2.45, 2.75) is 51.3 Å². The van der Waals surface area contributed by atoms with Crippen LogP contribution in [0.5, 0.6) is 0 Å². The highest BCUT2D eigenvalue weighted by atomic mass is 19.4. The molecule has 106 valence electrons. The SMILES string of the molecule is CC(O)CCNC(=O)C1CCC(C(F)(F)F)CC1. The predicted octanol–water partition coefficient (Wildman–Crippen LogP) is 2.24. The summed E-state index contributed by atoms with van der Waals surface area (Å²) in [5.41, 5.74) is 0. The van der Waals surface area contributed by atoms with E-state index in [1.54, 1.807) is 6.92 Å². The molecular formula is C12H20F3NO2. The molecule has 6 heteroatoms. The van der Waals surface area contributed by atoms with Crippen molar-refractivity contribution in [3.8, 4) is 0 Å². The summed E-state index contributed by atoms with van der Waals surface area (Å²) in [6, 6.07) is 0. The number of alkyl halides is 3. The molecule has 2 N–H and O–H groups in total. The summed E-state index contributed by atoms with van der Waals surface area (Å²) in [6.07, 6.45) is -3.48. The second-order valence-corrected chi connectivity index (χ2v) is 5.02. The van der Waals surface area contributed by atoms with Gasteiger partial charge in [0.15, 0.2) is 0 Å². The fourth-order valence-corrected chi connectivity index (χ4v) is 2.23. The maximum atomic E-state index is 12.4. The third-order valence-electron chi connectivity index (χ3n) is 3.42. The normalized spacial score (nSPS) is 26.7. The molecule has 0 saturated heterocycles. The molecule has 0 spiro atoms. The first kappa shape index (κ1) is 15.3. The summed E-state index contributed by atoms with van der Waals surface area (Å²) in [5.74, 6) is -1.74. The average molecular weight is 267 g/mol. The van der Waals surface area contributed by atoms with Crippen LogP contribution in [0.1, 0.15) is 39.0 Å². The second-order valence-electron chi connectivity index (χ2n) is 5.02. The fourth-order valence-electron chi connectivity index (χ4n) is 2.23. The molecule has 1 rings (SSSR count). The third-order valence-corrected chi connectivity index (χ3v) is 3.42. The van der Waals surface area contributed by atoms with Gasteiger partial charge in [0.05, 0.1) is 12.0 Å². The molecule has 0 aliphatic heterocycles. The van der Waals surface area contributed by atoms with Crippen LogP contribution in [0.4, 0.5) is 13.2 Å². The number of aliphatic hydroxyl groups is 1. The molecule has 0 radical (unpaired) electrons. The van der Waals surface area contributed by atoms with Gasteiger partial charge in [0.1, 0.15) is 0 Å². The quantitative estimate of drug-likeness (QED) is 0.820. The van der Waals surface area contributed by atoms with Crippen molar-refractivity contribution in [1.82, 2.24) is 5.32 Å². The largest absolute Gasteiger partial charge is 0.393 e. The van der Waals surface area contributed by atoms with Crippen molar-refractivity contribution in [3.63, 3.8) is 0 Å². The van der Waals surface area contributed by atoms with Crippen LogP contribution in [0.3, 0.4) is 0 Å². The van der Waals surface area contributed by atoms with Crippen LogP contribution >= 0.6 is 0 Å². The van der Waals surface area contributed by atoms with Crippen LogP contribution in [-0.2, 0) is 4.79 Å². The highest BCUT2D eigenvalue weighted by molar-refractivity contribution is 5.78. The lowest BCUT2D eigenvalue weighted by molar-refractivity contribution is -0.184. The molecule has 0 aromatic rings. The Morgan fingerprint density at radius 1 is 1.33 bits per heavy atom. The van der Waals surface area contributed by atoms with Crippen LogP contribution < -0.4 is 5.32 Å². The molecule has 1 aliphatic carbocycles. The molecule has 1 atom stereocenters. The molecule has 1 amide bonds. The molecule has 18 heavy (non-hydrogen) atoms. The van der Waals surface area contributed by atoms with E-state index < -0.39 is 18.2 Å². The summed E-state index contributed by atoms with van der Waals surface area (Å²) < 4.78 is 37.3. The zero-order valence-corrected chi connectivity index (χ0v) is 10.5. The smallest absolute Gasteiger partial charge is 0.391 e. The van der Waals surface area contributed by atoms with Gasteiger partial charge in [-0.25, -0.2) is 0 Å². The van der Waals surface area contributed by atoms with Gasteiger partial charge in [0, 0.05) is 12.5 Å². The van der Waals surface area contributed by atoms with Gasteiger partial charge in [-0.05, 0) is 39.0 Å². The molecule has 1 unspecified atom stereocenters. The number of rotatable bonds is 4. The Balaban J connectivity index is 2.28. The van der Waals surface area contributed by atoms with Crippen molar-refractivity contribution in [3.05, 3.63) is 0 Å². The van der Waals surface area contributed by atoms with Gasteiger partial charge in [-0.3, -0.25) is 4.79 Å². The number of hydrogen-bond acceptors (Lipinski definition) is 2. The van der Waals surface area contributed by atoms with Gasteiger partial charge in [0.25, 0.3) is 0 Å². The van der Waals surface area contributed by atoms with Crippen LogP contribution in [0, 0.1) is 11.8 Å². The van der Waals surface area contributed by atoms with Gasteiger partial charge in [-0.2, -0.15) is 13.2 Å². The monoisotopic (exact) mass is 267 g/mol. The van der Waals surface area contributed by atoms with Crippen molar-refractivity contribution < 1.29 is 23.1 Å². The Bertz CT molecular complexity index is 271. The Hall–Kier alpha value is -0.780. The summed E-state index contributed by atoms with van der Waals surface area (Å²) in [6.45, 7) is 2.00. The lowest BCUT2D eigenvalue weighted by atomic mass is 9.81. The van der Waals surface area contributed by atoms with Crippen LogP contribution in [-0.4, -0.2) is 29.8 Å². The molecule has 0 aromatic heterocycles. The Labute approximate surface area is 105 Å². The van der Waals surface area contributed by atoms with E-state index in [1.165, 1.54) is 0 Å². The molecule has 1 fully saturated rings. The van der Waals surface area contributed by atoms with Gasteiger partial charge >= 0.3 is 6.18 Å². The summed E-state index contributed by atoms with van der Waals surface area (Å²) in [7, 11) is 0. The summed E-state index contributed by atoms with van der Waals surface area (Å²) in [5, 5.41) is 11.7. The Morgan fingerprint density at radius 2 is 1.89 bits per heavy atom. The van der Waals surface area contributed by atoms with Gasteiger partial charge < -0.3 is 10.4 Å². The zero-order valence-electron chi connectivity index (χ0n) is 10.5. The van der Waals surface area contributed by atoms with Crippen molar-refractivity contribution in [2.75, 3.05) is 6.54 Å². The Kier molecular flexibility index (Phi) is 5.44. The van der Waals surface area contributed by atoms with E-state index in [-0.39, 0.29) is 24.7 Å². The predicted molar refractivity (Wildman–Crippen MR) is 60.8 cm³/mol. The van der Waals surface area contributed by atoms with Crippen molar-refractivity contribution in [1.29, 1.82) is 0 Å². The van der Waals surface area contributed by atoms with E-state index in [1.807, 2.05) is 0 Å².